The molecule has 0 spiro atoms. The smallest absolute Gasteiger partial charge is 0.225 e. The minimum atomic E-state index is -0.128. The first-order valence-electron chi connectivity index (χ1n) is 5.20. The molecule has 5 nitrogen and oxygen atoms in total. The van der Waals surface area contributed by atoms with E-state index in [1.54, 1.807) is 20.8 Å². The fraction of sp³-hybridized carbons (Fsp3) is 0.455. The molecule has 0 saturated carbocycles. The molecule has 0 saturated heterocycles. The number of aromatic nitrogens is 2. The highest BCUT2D eigenvalue weighted by molar-refractivity contribution is 5.95. The molecule has 0 unspecified atom stereocenters. The molecule has 0 aromatic carbocycles. The zero-order valence-corrected chi connectivity index (χ0v) is 9.65. The Labute approximate surface area is 94.3 Å². The predicted molar refractivity (Wildman–Crippen MR) is 60.1 cm³/mol. The van der Waals surface area contributed by atoms with Crippen LogP contribution >= 0.6 is 0 Å². The van der Waals surface area contributed by atoms with Crippen molar-refractivity contribution in [1.29, 1.82) is 0 Å². The second-order valence-electron chi connectivity index (χ2n) is 3.71. The first-order valence-corrected chi connectivity index (χ1v) is 5.20. The summed E-state index contributed by atoms with van der Waals surface area (Å²) in [6.07, 6.45) is 3.16. The summed E-state index contributed by atoms with van der Waals surface area (Å²) in [6, 6.07) is 0. The van der Waals surface area contributed by atoms with E-state index in [1.807, 2.05) is 0 Å². The lowest BCUT2D eigenvalue weighted by atomic mass is 10.1. The molecule has 0 aliphatic carbocycles. The Balaban J connectivity index is 2.75. The Hall–Kier alpha value is -1.78. The zero-order chi connectivity index (χ0) is 12.1. The summed E-state index contributed by atoms with van der Waals surface area (Å²) in [5.41, 5.74) is 0.324. The van der Waals surface area contributed by atoms with Crippen LogP contribution in [-0.2, 0) is 4.79 Å². The van der Waals surface area contributed by atoms with Crippen molar-refractivity contribution in [3.63, 3.8) is 0 Å². The maximum atomic E-state index is 11.5. The van der Waals surface area contributed by atoms with Gasteiger partial charge in [-0.15, -0.1) is 0 Å². The number of rotatable bonds is 4. The number of ketones is 1. The van der Waals surface area contributed by atoms with Crippen molar-refractivity contribution in [3.05, 3.63) is 18.1 Å². The van der Waals surface area contributed by atoms with E-state index in [1.165, 1.54) is 12.4 Å². The van der Waals surface area contributed by atoms with E-state index in [0.717, 1.165) is 0 Å². The van der Waals surface area contributed by atoms with Gasteiger partial charge in [-0.2, -0.15) is 0 Å². The zero-order valence-electron chi connectivity index (χ0n) is 9.65. The van der Waals surface area contributed by atoms with Gasteiger partial charge < -0.3 is 5.32 Å². The molecule has 0 aliphatic heterocycles. The summed E-state index contributed by atoms with van der Waals surface area (Å²) >= 11 is 0. The van der Waals surface area contributed by atoms with Crippen LogP contribution in [0.1, 0.15) is 37.7 Å². The summed E-state index contributed by atoms with van der Waals surface area (Å²) in [7, 11) is 0. The maximum Gasteiger partial charge on any atom is 0.225 e. The lowest BCUT2D eigenvalue weighted by Gasteiger charge is -2.04. The Bertz CT molecular complexity index is 385. The molecule has 5 heteroatoms. The van der Waals surface area contributed by atoms with Gasteiger partial charge in [-0.25, -0.2) is 9.97 Å². The molecule has 1 heterocycles. The highest BCUT2D eigenvalue weighted by atomic mass is 16.1. The van der Waals surface area contributed by atoms with Crippen LogP contribution in [0.25, 0.3) is 0 Å². The Kier molecular flexibility index (Phi) is 4.10. The number of carbonyl (C=O) groups excluding carboxylic acids is 2. The number of hydrogen-bond acceptors (Lipinski definition) is 4. The van der Waals surface area contributed by atoms with Crippen molar-refractivity contribution in [1.82, 2.24) is 9.97 Å². The van der Waals surface area contributed by atoms with Gasteiger partial charge in [-0.1, -0.05) is 20.8 Å². The fourth-order valence-electron chi connectivity index (χ4n) is 1.05. The van der Waals surface area contributed by atoms with Crippen molar-refractivity contribution in [2.75, 3.05) is 5.32 Å². The summed E-state index contributed by atoms with van der Waals surface area (Å²) in [5.74, 6) is 0.0793. The first-order chi connectivity index (χ1) is 7.54. The average Bonchev–Trinajstić information content (AvgIpc) is 2.28. The topological polar surface area (TPSA) is 72.0 Å². The number of nitrogens with one attached hydrogen (secondary N) is 1. The van der Waals surface area contributed by atoms with Gasteiger partial charge in [0.2, 0.25) is 5.91 Å². The highest BCUT2D eigenvalue weighted by Crippen LogP contribution is 2.06. The van der Waals surface area contributed by atoms with Gasteiger partial charge in [-0.3, -0.25) is 9.59 Å². The van der Waals surface area contributed by atoms with Crippen molar-refractivity contribution in [2.45, 2.75) is 27.2 Å². The summed E-state index contributed by atoms with van der Waals surface area (Å²) in [6.45, 7) is 5.35. The molecule has 0 radical (unpaired) electrons. The third-order valence-corrected chi connectivity index (χ3v) is 2.02. The molecular weight excluding hydrogens is 206 g/mol. The van der Waals surface area contributed by atoms with Gasteiger partial charge >= 0.3 is 0 Å². The number of anilines is 1. The SMILES string of the molecule is CCC(=O)Nc1cnc(C(=O)C(C)C)cn1. The van der Waals surface area contributed by atoms with Crippen molar-refractivity contribution < 1.29 is 9.59 Å². The number of nitrogens with zero attached hydrogens (tertiary/aromatic N) is 2. The van der Waals surface area contributed by atoms with Crippen LogP contribution in [0.15, 0.2) is 12.4 Å². The van der Waals surface area contributed by atoms with Gasteiger partial charge in [0.1, 0.15) is 5.69 Å². The molecule has 0 bridgehead atoms. The molecule has 16 heavy (non-hydrogen) atoms. The normalized spacial score (nSPS) is 10.2. The third kappa shape index (κ3) is 3.12. The predicted octanol–water partition coefficient (Wildman–Crippen LogP) is 1.66. The quantitative estimate of drug-likeness (QED) is 0.785. The first kappa shape index (κ1) is 12.3. The van der Waals surface area contributed by atoms with Gasteiger partial charge in [0.05, 0.1) is 12.4 Å². The van der Waals surface area contributed by atoms with Crippen LogP contribution in [0.5, 0.6) is 0 Å². The van der Waals surface area contributed by atoms with Crippen LogP contribution in [-0.4, -0.2) is 21.7 Å². The summed E-state index contributed by atoms with van der Waals surface area (Å²) in [4.78, 5) is 30.5. The second-order valence-corrected chi connectivity index (χ2v) is 3.71. The Morgan fingerprint density at radius 3 is 2.44 bits per heavy atom. The van der Waals surface area contributed by atoms with Gasteiger partial charge in [-0.05, 0) is 0 Å². The van der Waals surface area contributed by atoms with E-state index >= 15 is 0 Å². The van der Waals surface area contributed by atoms with Crippen molar-refractivity contribution in [3.8, 4) is 0 Å². The fourth-order valence-corrected chi connectivity index (χ4v) is 1.05. The standard InChI is InChI=1S/C11H15N3O2/c1-4-10(15)14-9-6-12-8(5-13-9)11(16)7(2)3/h5-7H,4H2,1-3H3,(H,13,14,15). The van der Waals surface area contributed by atoms with E-state index in [2.05, 4.69) is 15.3 Å². The lowest BCUT2D eigenvalue weighted by Crippen LogP contribution is -2.13. The molecule has 1 aromatic heterocycles. The minimum absolute atomic E-state index is 0.0548. The van der Waals surface area contributed by atoms with Crippen LogP contribution in [0.4, 0.5) is 5.82 Å². The van der Waals surface area contributed by atoms with Crippen LogP contribution in [0.3, 0.4) is 0 Å². The van der Waals surface area contributed by atoms with E-state index in [4.69, 9.17) is 0 Å². The minimum Gasteiger partial charge on any atom is -0.309 e. The maximum absolute atomic E-state index is 11.5. The van der Waals surface area contributed by atoms with Gasteiger partial charge in [0, 0.05) is 12.3 Å². The van der Waals surface area contributed by atoms with E-state index in [9.17, 15) is 9.59 Å². The third-order valence-electron chi connectivity index (χ3n) is 2.02. The highest BCUT2D eigenvalue weighted by Gasteiger charge is 2.12. The molecule has 1 rings (SSSR count). The summed E-state index contributed by atoms with van der Waals surface area (Å²) < 4.78 is 0. The second kappa shape index (κ2) is 5.34. The van der Waals surface area contributed by atoms with E-state index in [0.29, 0.717) is 17.9 Å². The number of carbonyl (C=O) groups is 2. The summed E-state index contributed by atoms with van der Waals surface area (Å²) in [5, 5.41) is 2.56. The molecule has 1 N–H and O–H groups in total. The molecule has 0 atom stereocenters. The molecule has 86 valence electrons. The average molecular weight is 221 g/mol. The van der Waals surface area contributed by atoms with Crippen molar-refractivity contribution >= 4 is 17.5 Å². The molecular formula is C11H15N3O2. The van der Waals surface area contributed by atoms with Gasteiger partial charge in [0.25, 0.3) is 0 Å². The molecule has 0 aliphatic rings. The van der Waals surface area contributed by atoms with Crippen LogP contribution < -0.4 is 5.32 Å². The lowest BCUT2D eigenvalue weighted by molar-refractivity contribution is -0.115. The monoisotopic (exact) mass is 221 g/mol. The van der Waals surface area contributed by atoms with E-state index < -0.39 is 0 Å². The Morgan fingerprint density at radius 1 is 1.31 bits per heavy atom. The number of amides is 1. The molecule has 1 aromatic rings. The molecule has 0 fully saturated rings. The van der Waals surface area contributed by atoms with Crippen LogP contribution in [0, 0.1) is 5.92 Å². The van der Waals surface area contributed by atoms with Gasteiger partial charge in [0.15, 0.2) is 11.6 Å². The van der Waals surface area contributed by atoms with Crippen molar-refractivity contribution in [2.24, 2.45) is 5.92 Å². The molecule has 1 amide bonds. The van der Waals surface area contributed by atoms with E-state index in [-0.39, 0.29) is 17.6 Å². The number of hydrogen-bond donors (Lipinski definition) is 1. The Morgan fingerprint density at radius 2 is 2.00 bits per heavy atom. The largest absolute Gasteiger partial charge is 0.309 e. The number of Topliss-reactive ketones (excluding diaryl/α,β-unsaturated/α-hetero) is 1. The van der Waals surface area contributed by atoms with Crippen LogP contribution in [0.2, 0.25) is 0 Å².